The van der Waals surface area contributed by atoms with Crippen LogP contribution in [0.5, 0.6) is 0 Å². The Labute approximate surface area is 140 Å². The molecule has 0 aliphatic carbocycles. The van der Waals surface area contributed by atoms with Gasteiger partial charge in [-0.05, 0) is 44.5 Å². The van der Waals surface area contributed by atoms with Crippen LogP contribution in [0.2, 0.25) is 0 Å². The number of rotatable bonds is 4. The number of hydrogen-bond donors (Lipinski definition) is 1. The summed E-state index contributed by atoms with van der Waals surface area (Å²) in [5.74, 6) is -0.0111. The molecule has 4 rings (SSSR count). The zero-order valence-corrected chi connectivity index (χ0v) is 13.8. The monoisotopic (exact) mass is 329 g/mol. The number of amides is 1. The summed E-state index contributed by atoms with van der Waals surface area (Å²) in [6, 6.07) is 7.61. The summed E-state index contributed by atoms with van der Waals surface area (Å²) >= 11 is 0. The smallest absolute Gasteiger partial charge is 0.244 e. The van der Waals surface area contributed by atoms with Crippen LogP contribution in [0.25, 0.3) is 11.0 Å². The van der Waals surface area contributed by atoms with Gasteiger partial charge < -0.3 is 14.9 Å². The van der Waals surface area contributed by atoms with Crippen molar-refractivity contribution in [2.75, 3.05) is 32.7 Å². The third-order valence-electron chi connectivity index (χ3n) is 5.11. The van der Waals surface area contributed by atoms with Crippen LogP contribution in [-0.4, -0.2) is 74.1 Å². The molecule has 2 aliphatic rings. The van der Waals surface area contributed by atoms with Crippen molar-refractivity contribution in [3.05, 3.63) is 24.3 Å². The van der Waals surface area contributed by atoms with Crippen LogP contribution < -0.4 is 0 Å². The van der Waals surface area contributed by atoms with E-state index in [0.29, 0.717) is 26.1 Å². The molecule has 2 fully saturated rings. The summed E-state index contributed by atoms with van der Waals surface area (Å²) in [5.41, 5.74) is 0.874. The zero-order chi connectivity index (χ0) is 16.6. The molecule has 24 heavy (non-hydrogen) atoms. The van der Waals surface area contributed by atoms with Gasteiger partial charge in [0.15, 0.2) is 0 Å². The van der Waals surface area contributed by atoms with Gasteiger partial charge >= 0.3 is 0 Å². The molecule has 2 saturated heterocycles. The highest BCUT2D eigenvalue weighted by molar-refractivity contribution is 5.80. The highest BCUT2D eigenvalue weighted by Crippen LogP contribution is 2.24. The quantitative estimate of drug-likeness (QED) is 0.884. The third kappa shape index (κ3) is 3.01. The fraction of sp³-hybridized carbons (Fsp3) is 0.588. The highest BCUT2D eigenvalue weighted by atomic mass is 16.3. The number of β-amino-alcohol motifs (C(OH)–C–C–N with tert-alkyl or cyclic N) is 1. The minimum Gasteiger partial charge on any atom is -0.387 e. The lowest BCUT2D eigenvalue weighted by atomic mass is 10.0. The summed E-state index contributed by atoms with van der Waals surface area (Å²) in [7, 11) is 0. The van der Waals surface area contributed by atoms with Crippen LogP contribution in [0.4, 0.5) is 0 Å². The predicted octanol–water partition coefficient (Wildman–Crippen LogP) is 0.490. The summed E-state index contributed by atoms with van der Waals surface area (Å²) in [4.78, 5) is 16.7. The maximum absolute atomic E-state index is 12.6. The Hall–Kier alpha value is -1.99. The van der Waals surface area contributed by atoms with Gasteiger partial charge in [0.1, 0.15) is 12.1 Å². The topological polar surface area (TPSA) is 74.5 Å². The molecule has 1 atom stereocenters. The first-order chi connectivity index (χ1) is 11.6. The predicted molar refractivity (Wildman–Crippen MR) is 89.3 cm³/mol. The van der Waals surface area contributed by atoms with Crippen LogP contribution in [0.1, 0.15) is 19.3 Å². The van der Waals surface area contributed by atoms with E-state index in [2.05, 4.69) is 15.2 Å². The number of benzene rings is 1. The number of aliphatic hydroxyl groups is 1. The van der Waals surface area contributed by atoms with E-state index in [1.54, 1.807) is 9.58 Å². The number of likely N-dealkylation sites (tertiary alicyclic amines) is 2. The number of aromatic nitrogens is 3. The lowest BCUT2D eigenvalue weighted by Crippen LogP contribution is -2.45. The molecular formula is C17H23N5O2. The van der Waals surface area contributed by atoms with Crippen LogP contribution >= 0.6 is 0 Å². The van der Waals surface area contributed by atoms with Crippen LogP contribution in [0, 0.1) is 0 Å². The van der Waals surface area contributed by atoms with Crippen LogP contribution in [0.15, 0.2) is 24.3 Å². The molecule has 0 radical (unpaired) electrons. The second-order valence-corrected chi connectivity index (χ2v) is 7.01. The average Bonchev–Trinajstić information content (AvgIpc) is 3.29. The van der Waals surface area contributed by atoms with Gasteiger partial charge in [0.05, 0.1) is 17.7 Å². The number of carbonyl (C=O) groups is 1. The van der Waals surface area contributed by atoms with E-state index in [9.17, 15) is 9.90 Å². The van der Waals surface area contributed by atoms with Crippen LogP contribution in [0.3, 0.4) is 0 Å². The second-order valence-electron chi connectivity index (χ2n) is 7.01. The fourth-order valence-electron chi connectivity index (χ4n) is 3.82. The van der Waals surface area contributed by atoms with Crippen molar-refractivity contribution in [1.29, 1.82) is 0 Å². The zero-order valence-electron chi connectivity index (χ0n) is 13.8. The number of nitrogens with zero attached hydrogens (tertiary/aromatic N) is 5. The maximum Gasteiger partial charge on any atom is 0.244 e. The number of hydrogen-bond acceptors (Lipinski definition) is 5. The van der Waals surface area contributed by atoms with Crippen molar-refractivity contribution in [2.24, 2.45) is 0 Å². The molecule has 2 aliphatic heterocycles. The van der Waals surface area contributed by atoms with E-state index >= 15 is 0 Å². The Morgan fingerprint density at radius 3 is 2.83 bits per heavy atom. The molecular weight excluding hydrogens is 306 g/mol. The normalized spacial score (nSPS) is 25.0. The first-order valence-corrected chi connectivity index (χ1v) is 8.64. The van der Waals surface area contributed by atoms with Gasteiger partial charge in [-0.15, -0.1) is 5.10 Å². The fourth-order valence-corrected chi connectivity index (χ4v) is 3.82. The lowest BCUT2D eigenvalue weighted by Gasteiger charge is -2.28. The Bertz CT molecular complexity index is 739. The molecule has 1 aromatic carbocycles. The maximum atomic E-state index is 12.6. The van der Waals surface area contributed by atoms with Crippen molar-refractivity contribution in [3.8, 4) is 0 Å². The molecule has 0 unspecified atom stereocenters. The Balaban J connectivity index is 1.40. The van der Waals surface area contributed by atoms with Crippen molar-refractivity contribution < 1.29 is 9.90 Å². The minimum absolute atomic E-state index is 0.0111. The molecule has 1 amide bonds. The van der Waals surface area contributed by atoms with Crippen molar-refractivity contribution in [3.63, 3.8) is 0 Å². The van der Waals surface area contributed by atoms with Crippen molar-refractivity contribution >= 4 is 16.9 Å². The molecule has 2 aromatic rings. The largest absolute Gasteiger partial charge is 0.387 e. The molecule has 0 spiro atoms. The molecule has 0 bridgehead atoms. The Morgan fingerprint density at radius 1 is 1.21 bits per heavy atom. The molecule has 1 aromatic heterocycles. The first kappa shape index (κ1) is 15.5. The number of carbonyl (C=O) groups excluding carboxylic acids is 1. The third-order valence-corrected chi connectivity index (χ3v) is 5.11. The summed E-state index contributed by atoms with van der Waals surface area (Å²) in [6.07, 6.45) is 3.06. The summed E-state index contributed by atoms with van der Waals surface area (Å²) in [6.45, 7) is 3.97. The minimum atomic E-state index is -0.773. The van der Waals surface area contributed by atoms with Gasteiger partial charge in [0, 0.05) is 13.1 Å². The van der Waals surface area contributed by atoms with Gasteiger partial charge in [-0.25, -0.2) is 4.68 Å². The number of fused-ring (bicyclic) bond motifs is 1. The van der Waals surface area contributed by atoms with E-state index in [0.717, 1.165) is 24.1 Å². The standard InChI is InChI=1S/C17H23N5O2/c23-16(11-22-15-6-2-1-5-14(15)18-19-22)21-10-7-17(24,13-21)12-20-8-3-4-9-20/h1-2,5-6,24H,3-4,7-13H2/t17-/m1/s1. The van der Waals surface area contributed by atoms with E-state index in [1.807, 2.05) is 24.3 Å². The molecule has 1 N–H and O–H groups in total. The van der Waals surface area contributed by atoms with Gasteiger partial charge in [-0.1, -0.05) is 17.3 Å². The highest BCUT2D eigenvalue weighted by Gasteiger charge is 2.39. The van der Waals surface area contributed by atoms with E-state index in [-0.39, 0.29) is 12.5 Å². The van der Waals surface area contributed by atoms with E-state index in [1.165, 1.54) is 12.8 Å². The van der Waals surface area contributed by atoms with E-state index < -0.39 is 5.60 Å². The van der Waals surface area contributed by atoms with Gasteiger partial charge in [0.2, 0.25) is 5.91 Å². The molecule has 128 valence electrons. The van der Waals surface area contributed by atoms with Gasteiger partial charge in [0.25, 0.3) is 0 Å². The summed E-state index contributed by atoms with van der Waals surface area (Å²) < 4.78 is 1.63. The first-order valence-electron chi connectivity index (χ1n) is 8.64. The van der Waals surface area contributed by atoms with Gasteiger partial charge in [-0.3, -0.25) is 4.79 Å². The average molecular weight is 329 g/mol. The lowest BCUT2D eigenvalue weighted by molar-refractivity contribution is -0.132. The SMILES string of the molecule is O=C(Cn1nnc2ccccc21)N1CC[C@@](O)(CN2CCCC2)C1. The van der Waals surface area contributed by atoms with Gasteiger partial charge in [-0.2, -0.15) is 0 Å². The van der Waals surface area contributed by atoms with Crippen LogP contribution in [-0.2, 0) is 11.3 Å². The van der Waals surface area contributed by atoms with Crippen molar-refractivity contribution in [2.45, 2.75) is 31.4 Å². The second kappa shape index (κ2) is 6.14. The molecule has 0 saturated carbocycles. The Kier molecular flexibility index (Phi) is 3.97. The Morgan fingerprint density at radius 2 is 2.00 bits per heavy atom. The molecule has 7 nitrogen and oxygen atoms in total. The van der Waals surface area contributed by atoms with Crippen molar-refractivity contribution in [1.82, 2.24) is 24.8 Å². The van der Waals surface area contributed by atoms with E-state index in [4.69, 9.17) is 0 Å². The number of para-hydroxylation sites is 1. The molecule has 7 heteroatoms. The summed E-state index contributed by atoms with van der Waals surface area (Å²) in [5, 5.41) is 19.0. The molecule has 3 heterocycles.